The van der Waals surface area contributed by atoms with Crippen molar-refractivity contribution >= 4 is 31.2 Å². The van der Waals surface area contributed by atoms with Crippen molar-refractivity contribution in [3.8, 4) is 0 Å². The molecule has 0 amide bonds. The van der Waals surface area contributed by atoms with Gasteiger partial charge in [-0.15, -0.1) is 0 Å². The average Bonchev–Trinajstić information content (AvgIpc) is 3.07. The van der Waals surface area contributed by atoms with E-state index >= 15 is 0 Å². The number of carbonyl (C=O) groups is 1. The van der Waals surface area contributed by atoms with Crippen molar-refractivity contribution in [1.29, 1.82) is 0 Å². The molecule has 194 valence electrons. The third-order valence-electron chi connectivity index (χ3n) is 6.19. The van der Waals surface area contributed by atoms with Gasteiger partial charge < -0.3 is 43.1 Å². The van der Waals surface area contributed by atoms with E-state index in [0.717, 1.165) is 0 Å². The molecular formula is C26H44O4S2Zr-6. The number of thiol groups is 2. The molecule has 0 aliphatic heterocycles. The number of carboxylic acid groups (broad SMARTS) is 1. The molecule has 0 radical (unpaired) electrons. The first-order chi connectivity index (χ1) is 14.7. The summed E-state index contributed by atoms with van der Waals surface area (Å²) in [6.45, 7) is 22.3. The minimum Gasteiger partial charge on any atom is -0.731 e. The van der Waals surface area contributed by atoms with Crippen molar-refractivity contribution in [1.82, 2.24) is 0 Å². The quantitative estimate of drug-likeness (QED) is 0.186. The van der Waals surface area contributed by atoms with Gasteiger partial charge in [0.2, 0.25) is 0 Å². The molecule has 0 atom stereocenters. The molecule has 33 heavy (non-hydrogen) atoms. The maximum absolute atomic E-state index is 9.29. The van der Waals surface area contributed by atoms with E-state index in [1.807, 2.05) is 0 Å². The van der Waals surface area contributed by atoms with Crippen molar-refractivity contribution < 1.29 is 46.3 Å². The van der Waals surface area contributed by atoms with E-state index in [-0.39, 0.29) is 37.7 Å². The molecule has 0 bridgehead atoms. The zero-order valence-corrected chi connectivity index (χ0v) is 26.3. The van der Waals surface area contributed by atoms with Crippen LogP contribution >= 0.6 is 25.3 Å². The van der Waals surface area contributed by atoms with Crippen LogP contribution in [-0.4, -0.2) is 39.1 Å². The van der Waals surface area contributed by atoms with Gasteiger partial charge in [0.05, 0.1) is 5.75 Å². The molecule has 0 spiro atoms. The standard InChI is InChI=1S/2C11H17.C2H6O2S.C2H4O2S.Zr/c2*1-6-11-9(4)7(2)8(3)10(11)5;2*3-2(4)1-5;/h2*6H2,1-5H3;2-5H,1H2;5H,1H2,(H,3,4);/q-5;-1;;;. The summed E-state index contributed by atoms with van der Waals surface area (Å²) in [4.78, 5) is 9.29. The van der Waals surface area contributed by atoms with Crippen molar-refractivity contribution in [3.63, 3.8) is 0 Å². The molecule has 0 saturated heterocycles. The van der Waals surface area contributed by atoms with E-state index < -0.39 is 12.3 Å². The third-order valence-corrected chi connectivity index (χ3v) is 6.79. The van der Waals surface area contributed by atoms with Crippen LogP contribution in [0.5, 0.6) is 0 Å². The Labute approximate surface area is 231 Å². The third kappa shape index (κ3) is 12.3. The minimum atomic E-state index is -1.25. The summed E-state index contributed by atoms with van der Waals surface area (Å²) in [5, 5.41) is 23.3. The average molecular weight is 576 g/mol. The predicted octanol–water partition coefficient (Wildman–Crippen LogP) is 5.63. The molecule has 2 rings (SSSR count). The maximum atomic E-state index is 9.29. The molecular weight excluding hydrogens is 532 g/mol. The van der Waals surface area contributed by atoms with Gasteiger partial charge in [-0.05, 0) is 0 Å². The summed E-state index contributed by atoms with van der Waals surface area (Å²) >= 11 is 6.93. The summed E-state index contributed by atoms with van der Waals surface area (Å²) < 4.78 is 0. The summed E-state index contributed by atoms with van der Waals surface area (Å²) in [5.41, 5.74) is 15.1. The van der Waals surface area contributed by atoms with Gasteiger partial charge in [-0.3, -0.25) is 4.79 Å². The Morgan fingerprint density at radius 3 is 1.24 bits per heavy atom. The topological polar surface area (TPSA) is 77.8 Å². The second-order valence-corrected chi connectivity index (χ2v) is 8.56. The van der Waals surface area contributed by atoms with Crippen LogP contribution in [0.1, 0.15) is 69.5 Å². The Morgan fingerprint density at radius 2 is 1.12 bits per heavy atom. The van der Waals surface area contributed by atoms with E-state index in [1.54, 1.807) is 11.1 Å². The molecule has 0 aliphatic rings. The monoisotopic (exact) mass is 574 g/mol. The van der Waals surface area contributed by atoms with E-state index in [4.69, 9.17) is 15.3 Å². The van der Waals surface area contributed by atoms with Crippen molar-refractivity contribution in [2.45, 2.75) is 88.4 Å². The number of hydrogen-bond acceptors (Lipinski definition) is 5. The van der Waals surface area contributed by atoms with Gasteiger partial charge in [0.15, 0.2) is 6.29 Å². The SMILES string of the molecule is CC[c-]1[c-](C)[c-](C)[c-](C)[c-]1C.CC[c-]1c(C)c(C)c(C)c1C.O=C(O)CS.OC(O)CS.[Zr]. The van der Waals surface area contributed by atoms with Gasteiger partial charge in [-0.1, -0.05) is 48.0 Å². The van der Waals surface area contributed by atoms with Crippen LogP contribution < -0.4 is 0 Å². The molecule has 0 aromatic heterocycles. The summed E-state index contributed by atoms with van der Waals surface area (Å²) in [6, 6.07) is 0. The van der Waals surface area contributed by atoms with Crippen LogP contribution in [0.4, 0.5) is 0 Å². The number of carboxylic acids is 1. The summed E-state index contributed by atoms with van der Waals surface area (Å²) in [5.74, 6) is -0.853. The predicted molar refractivity (Wildman–Crippen MR) is 144 cm³/mol. The Hall–Kier alpha value is -0.327. The van der Waals surface area contributed by atoms with Gasteiger partial charge in [-0.2, -0.15) is 53.1 Å². The Morgan fingerprint density at radius 1 is 0.818 bits per heavy atom. The van der Waals surface area contributed by atoms with Crippen LogP contribution in [0.3, 0.4) is 0 Å². The Bertz CT molecular complexity index is 727. The molecule has 3 N–H and O–H groups in total. The molecule has 0 aliphatic carbocycles. The molecule has 2 aromatic carbocycles. The number of aliphatic hydroxyl groups is 2. The Balaban J connectivity index is -0.000000386. The fourth-order valence-corrected chi connectivity index (χ4v) is 3.65. The minimum absolute atomic E-state index is 0. The molecule has 0 saturated carbocycles. The normalized spacial score (nSPS) is 9.67. The molecule has 0 unspecified atom stereocenters. The first-order valence-corrected chi connectivity index (χ1v) is 12.2. The van der Waals surface area contributed by atoms with Gasteiger partial charge >= 0.3 is 5.97 Å². The van der Waals surface area contributed by atoms with Crippen LogP contribution in [0, 0.1) is 55.4 Å². The van der Waals surface area contributed by atoms with Crippen LogP contribution in [0.2, 0.25) is 0 Å². The van der Waals surface area contributed by atoms with E-state index in [2.05, 4.69) is 94.5 Å². The number of aliphatic carboxylic acids is 1. The van der Waals surface area contributed by atoms with Gasteiger partial charge in [0, 0.05) is 32.0 Å². The zero-order chi connectivity index (χ0) is 25.8. The van der Waals surface area contributed by atoms with Crippen LogP contribution in [0.25, 0.3) is 0 Å². The van der Waals surface area contributed by atoms with Gasteiger partial charge in [-0.25, -0.2) is 34.1 Å². The fourth-order valence-electron chi connectivity index (χ4n) is 3.65. The number of aliphatic hydroxyl groups excluding tert-OH is 1. The maximum Gasteiger partial charge on any atom is 0.313 e. The van der Waals surface area contributed by atoms with Crippen molar-refractivity contribution in [2.24, 2.45) is 0 Å². The van der Waals surface area contributed by atoms with E-state index in [9.17, 15) is 4.79 Å². The van der Waals surface area contributed by atoms with E-state index in [1.165, 1.54) is 57.3 Å². The molecule has 0 fully saturated rings. The van der Waals surface area contributed by atoms with Crippen molar-refractivity contribution in [3.05, 3.63) is 55.6 Å². The summed E-state index contributed by atoms with van der Waals surface area (Å²) in [7, 11) is 0. The number of rotatable bonds is 4. The second kappa shape index (κ2) is 18.9. The van der Waals surface area contributed by atoms with Gasteiger partial charge in [0.25, 0.3) is 0 Å². The molecule has 7 heteroatoms. The van der Waals surface area contributed by atoms with Gasteiger partial charge in [0.1, 0.15) is 0 Å². The Kier molecular flexibility index (Phi) is 21.4. The first-order valence-electron chi connectivity index (χ1n) is 11.0. The molecule has 4 nitrogen and oxygen atoms in total. The van der Waals surface area contributed by atoms with E-state index in [0.29, 0.717) is 0 Å². The van der Waals surface area contributed by atoms with Crippen LogP contribution in [0.15, 0.2) is 0 Å². The smallest absolute Gasteiger partial charge is 0.313 e. The number of hydrogen-bond donors (Lipinski definition) is 5. The largest absolute Gasteiger partial charge is 0.731 e. The fraction of sp³-hybridized carbons (Fsp3) is 0.577. The second-order valence-electron chi connectivity index (χ2n) is 7.88. The molecule has 2 aromatic rings. The summed E-state index contributed by atoms with van der Waals surface area (Å²) in [6.07, 6.45) is 1.09. The van der Waals surface area contributed by atoms with Crippen LogP contribution in [-0.2, 0) is 43.8 Å². The first kappa shape index (κ1) is 37.2. The zero-order valence-electron chi connectivity index (χ0n) is 22.1. The van der Waals surface area contributed by atoms with Crippen molar-refractivity contribution in [2.75, 3.05) is 11.5 Å². The molecule has 0 heterocycles.